The summed E-state index contributed by atoms with van der Waals surface area (Å²) < 4.78 is 13.7. The molecule has 4 saturated carbocycles. The highest BCUT2D eigenvalue weighted by molar-refractivity contribution is 6.12. The monoisotopic (exact) mass is 851 g/mol. The molecule has 0 radical (unpaired) electrons. The van der Waals surface area contributed by atoms with Crippen LogP contribution in [0.3, 0.4) is 0 Å². The molecule has 0 N–H and O–H groups in total. The lowest BCUT2D eigenvalue weighted by Crippen LogP contribution is -2.48. The predicted molar refractivity (Wildman–Crippen MR) is 267 cm³/mol. The first-order chi connectivity index (χ1) is 32.6. The molecule has 4 aliphatic carbocycles. The van der Waals surface area contributed by atoms with Gasteiger partial charge in [0.1, 0.15) is 22.3 Å². The van der Waals surface area contributed by atoms with Crippen LogP contribution in [0.25, 0.3) is 111 Å². The van der Waals surface area contributed by atoms with E-state index in [4.69, 9.17) is 23.8 Å². The number of hydrogen-bond acceptors (Lipinski definition) is 5. The Morgan fingerprint density at radius 2 is 0.864 bits per heavy atom. The maximum atomic E-state index is 7.03. The van der Waals surface area contributed by atoms with E-state index in [1.165, 1.54) is 54.9 Å². The molecule has 66 heavy (non-hydrogen) atoms. The van der Waals surface area contributed by atoms with Gasteiger partial charge in [0.2, 0.25) is 0 Å². The largest absolute Gasteiger partial charge is 0.455 e. The van der Waals surface area contributed by atoms with E-state index in [1.54, 1.807) is 0 Å². The van der Waals surface area contributed by atoms with Crippen LogP contribution in [0.5, 0.6) is 0 Å². The topological polar surface area (TPSA) is 65.0 Å². The lowest BCUT2D eigenvalue weighted by molar-refractivity contribution is -0.00447. The Hall–Kier alpha value is -7.63. The van der Waals surface area contributed by atoms with Crippen LogP contribution in [0, 0.1) is 17.8 Å². The van der Waals surface area contributed by atoms with Crippen LogP contribution >= 0.6 is 0 Å². The highest BCUT2D eigenvalue weighted by atomic mass is 16.3. The second-order valence-corrected chi connectivity index (χ2v) is 19.3. The van der Waals surface area contributed by atoms with Crippen molar-refractivity contribution in [2.24, 2.45) is 17.8 Å². The minimum atomic E-state index is 0.162. The Bertz CT molecular complexity index is 3660. The van der Waals surface area contributed by atoms with Gasteiger partial charge in [-0.15, -0.1) is 0 Å². The van der Waals surface area contributed by atoms with Crippen LogP contribution in [0.2, 0.25) is 0 Å². The van der Waals surface area contributed by atoms with Gasteiger partial charge in [-0.25, -0.2) is 15.0 Å². The quantitative estimate of drug-likeness (QED) is 0.160. The van der Waals surface area contributed by atoms with Crippen molar-refractivity contribution in [1.82, 2.24) is 15.0 Å². The smallest absolute Gasteiger partial charge is 0.167 e. The van der Waals surface area contributed by atoms with Crippen LogP contribution in [0.15, 0.2) is 191 Å². The third-order valence-electron chi connectivity index (χ3n) is 15.3. The maximum absolute atomic E-state index is 7.03. The molecule has 5 heteroatoms. The Labute approximate surface area is 382 Å². The number of para-hydroxylation sites is 3. The van der Waals surface area contributed by atoms with Crippen molar-refractivity contribution in [3.05, 3.63) is 188 Å². The van der Waals surface area contributed by atoms with Gasteiger partial charge in [0.25, 0.3) is 0 Å². The molecule has 5 nitrogen and oxygen atoms in total. The summed E-state index contributed by atoms with van der Waals surface area (Å²) in [5, 5.41) is 4.47. The minimum absolute atomic E-state index is 0.162. The molecule has 0 spiro atoms. The average Bonchev–Trinajstić information content (AvgIpc) is 3.95. The minimum Gasteiger partial charge on any atom is -0.455 e. The van der Waals surface area contributed by atoms with Gasteiger partial charge in [0, 0.05) is 27.1 Å². The third kappa shape index (κ3) is 6.02. The van der Waals surface area contributed by atoms with Crippen molar-refractivity contribution in [3.63, 3.8) is 0 Å². The number of rotatable bonds is 7. The zero-order valence-corrected chi connectivity index (χ0v) is 36.5. The number of nitrogens with zero attached hydrogens (tertiary/aromatic N) is 3. The van der Waals surface area contributed by atoms with E-state index in [9.17, 15) is 0 Å². The molecule has 4 aliphatic rings. The Balaban J connectivity index is 1.03. The molecular formula is C61H45N3O2. The summed E-state index contributed by atoms with van der Waals surface area (Å²) in [6, 6.07) is 64.4. The van der Waals surface area contributed by atoms with Crippen LogP contribution in [0.4, 0.5) is 0 Å². The number of fused-ring (bicyclic) bond motifs is 6. The van der Waals surface area contributed by atoms with E-state index in [1.807, 2.05) is 12.1 Å². The van der Waals surface area contributed by atoms with Crippen molar-refractivity contribution in [2.45, 2.75) is 43.9 Å². The van der Waals surface area contributed by atoms with Gasteiger partial charge in [-0.2, -0.15) is 0 Å². The average molecular weight is 852 g/mol. The van der Waals surface area contributed by atoms with Crippen molar-refractivity contribution >= 4 is 43.9 Å². The highest BCUT2D eigenvalue weighted by Crippen LogP contribution is 2.62. The molecule has 3 aromatic heterocycles. The second-order valence-electron chi connectivity index (χ2n) is 19.3. The summed E-state index contributed by atoms with van der Waals surface area (Å²) in [5.41, 5.74) is 14.2. The van der Waals surface area contributed by atoms with Crippen molar-refractivity contribution < 1.29 is 8.83 Å². The molecule has 8 aromatic carbocycles. The van der Waals surface area contributed by atoms with Crippen LogP contribution in [-0.4, -0.2) is 15.0 Å². The molecule has 0 atom stereocenters. The fourth-order valence-electron chi connectivity index (χ4n) is 12.9. The van der Waals surface area contributed by atoms with E-state index < -0.39 is 0 Å². The SMILES string of the molecule is c1ccc(-c2cc(-c3nc(-c4cccc5c4oc4ccccc45)nc(-c4ccc(C56CC7CC(CC(C7)C5)C6)c5c4oc4ccccc45)n3)cc(-c3ccccc3-c3ccccc3)c2)cc1. The van der Waals surface area contributed by atoms with E-state index in [-0.39, 0.29) is 5.41 Å². The molecule has 3 heterocycles. The number of aromatic nitrogens is 3. The van der Waals surface area contributed by atoms with Gasteiger partial charge in [0.05, 0.1) is 11.1 Å². The summed E-state index contributed by atoms with van der Waals surface area (Å²) in [7, 11) is 0. The summed E-state index contributed by atoms with van der Waals surface area (Å²) in [6.45, 7) is 0. The van der Waals surface area contributed by atoms with Crippen LogP contribution < -0.4 is 0 Å². The standard InChI is InChI=1S/C61H45N3O2/c1-3-14-40(15-4-1)42-31-43(46-19-8-7-18-45(46)41-16-5-2-6-17-41)33-44(32-42)58-62-59(50-23-13-22-48-47-20-9-11-24-53(47)65-56(48)50)64-60(63-58)51-26-27-52(55-49-21-10-12-25-54(49)66-57(51)55)61-34-37-28-38(35-61)30-39(29-37)36-61/h1-27,31-33,37-39H,28-30,34-36H2. The van der Waals surface area contributed by atoms with Crippen molar-refractivity contribution in [3.8, 4) is 67.5 Å². The van der Waals surface area contributed by atoms with Crippen molar-refractivity contribution in [2.75, 3.05) is 0 Å². The van der Waals surface area contributed by atoms with Gasteiger partial charge in [-0.3, -0.25) is 0 Å². The predicted octanol–water partition coefficient (Wildman–Crippen LogP) is 16.1. The van der Waals surface area contributed by atoms with Gasteiger partial charge >= 0.3 is 0 Å². The molecule has 0 amide bonds. The van der Waals surface area contributed by atoms with Gasteiger partial charge in [0.15, 0.2) is 17.5 Å². The second kappa shape index (κ2) is 14.7. The molecule has 11 aromatic rings. The molecule has 0 unspecified atom stereocenters. The summed E-state index contributed by atoms with van der Waals surface area (Å²) >= 11 is 0. The summed E-state index contributed by atoms with van der Waals surface area (Å²) in [5.74, 6) is 4.14. The zero-order chi connectivity index (χ0) is 43.3. The number of hydrogen-bond donors (Lipinski definition) is 0. The van der Waals surface area contributed by atoms with Gasteiger partial charge in [-0.05, 0) is 143 Å². The fraction of sp³-hybridized carbons (Fsp3) is 0.164. The molecule has 15 rings (SSSR count). The summed E-state index contributed by atoms with van der Waals surface area (Å²) in [4.78, 5) is 16.4. The third-order valence-corrected chi connectivity index (χ3v) is 15.3. The lowest BCUT2D eigenvalue weighted by atomic mass is 9.47. The molecule has 0 saturated heterocycles. The Morgan fingerprint density at radius 3 is 1.58 bits per heavy atom. The first kappa shape index (κ1) is 37.7. The maximum Gasteiger partial charge on any atom is 0.167 e. The van der Waals surface area contributed by atoms with E-state index >= 15 is 0 Å². The van der Waals surface area contributed by atoms with E-state index in [2.05, 4.69) is 170 Å². The normalized spacial score (nSPS) is 20.0. The number of benzene rings is 8. The van der Waals surface area contributed by atoms with Gasteiger partial charge in [-0.1, -0.05) is 140 Å². The van der Waals surface area contributed by atoms with E-state index in [0.29, 0.717) is 17.5 Å². The first-order valence-corrected chi connectivity index (χ1v) is 23.6. The highest BCUT2D eigenvalue weighted by Gasteiger charge is 2.52. The number of furan rings is 2. The van der Waals surface area contributed by atoms with Crippen LogP contribution in [0.1, 0.15) is 44.1 Å². The van der Waals surface area contributed by atoms with Crippen LogP contribution in [-0.2, 0) is 5.41 Å². The Kier molecular flexibility index (Phi) is 8.40. The first-order valence-electron chi connectivity index (χ1n) is 23.6. The molecular weight excluding hydrogens is 807 g/mol. The van der Waals surface area contributed by atoms with Gasteiger partial charge < -0.3 is 8.83 Å². The summed E-state index contributed by atoms with van der Waals surface area (Å²) in [6.07, 6.45) is 7.98. The molecule has 316 valence electrons. The Morgan fingerprint density at radius 1 is 0.364 bits per heavy atom. The zero-order valence-electron chi connectivity index (χ0n) is 36.5. The lowest BCUT2D eigenvalue weighted by Gasteiger charge is -2.57. The van der Waals surface area contributed by atoms with E-state index in [0.717, 1.165) is 101 Å². The molecule has 0 aliphatic heterocycles. The molecule has 4 bridgehead atoms. The molecule has 4 fully saturated rings. The fourth-order valence-corrected chi connectivity index (χ4v) is 12.9. The van der Waals surface area contributed by atoms with Crippen molar-refractivity contribution in [1.29, 1.82) is 0 Å².